The van der Waals surface area contributed by atoms with Crippen LogP contribution >= 0.6 is 0 Å². The van der Waals surface area contributed by atoms with Gasteiger partial charge in [0, 0.05) is 24.8 Å². The summed E-state index contributed by atoms with van der Waals surface area (Å²) in [5.74, 6) is 0. The summed E-state index contributed by atoms with van der Waals surface area (Å²) in [4.78, 5) is 14.1. The predicted octanol–water partition coefficient (Wildman–Crippen LogP) is 2.00. The van der Waals surface area contributed by atoms with Crippen LogP contribution in [0, 0.1) is 6.92 Å². The predicted molar refractivity (Wildman–Crippen MR) is 80.2 cm³/mol. The van der Waals surface area contributed by atoms with Crippen LogP contribution in [0.4, 0.5) is 5.69 Å². The summed E-state index contributed by atoms with van der Waals surface area (Å²) < 4.78 is 1.56. The molecule has 2 heterocycles. The highest BCUT2D eigenvalue weighted by Crippen LogP contribution is 2.26. The number of nitrogens with zero attached hydrogens (tertiary/aromatic N) is 3. The zero-order valence-electron chi connectivity index (χ0n) is 11.7. The summed E-state index contributed by atoms with van der Waals surface area (Å²) >= 11 is 0. The van der Waals surface area contributed by atoms with Crippen molar-refractivity contribution in [3.63, 3.8) is 0 Å². The first-order valence-corrected chi connectivity index (χ1v) is 7.12. The Hall–Kier alpha value is -2.10. The van der Waals surface area contributed by atoms with Crippen LogP contribution in [-0.2, 0) is 13.0 Å². The average Bonchev–Trinajstić information content (AvgIpc) is 2.48. The van der Waals surface area contributed by atoms with Gasteiger partial charge in [0.05, 0.1) is 12.2 Å². The molecule has 104 valence electrons. The Morgan fingerprint density at radius 3 is 2.90 bits per heavy atom. The second kappa shape index (κ2) is 5.49. The number of hydrogen-bond acceptors (Lipinski definition) is 3. The van der Waals surface area contributed by atoms with Crippen molar-refractivity contribution in [3.05, 3.63) is 58.0 Å². The van der Waals surface area contributed by atoms with Gasteiger partial charge in [-0.3, -0.25) is 4.79 Å². The van der Waals surface area contributed by atoms with Crippen LogP contribution in [-0.4, -0.2) is 22.9 Å². The number of aryl methyl sites for hydroxylation is 2. The minimum absolute atomic E-state index is 0.0269. The van der Waals surface area contributed by atoms with Crippen molar-refractivity contribution in [2.75, 3.05) is 18.0 Å². The lowest BCUT2D eigenvalue weighted by Crippen LogP contribution is -2.35. The van der Waals surface area contributed by atoms with Gasteiger partial charge in [-0.05, 0) is 37.5 Å². The van der Waals surface area contributed by atoms with E-state index in [0.717, 1.165) is 25.2 Å². The molecule has 0 bridgehead atoms. The van der Waals surface area contributed by atoms with E-state index in [0.29, 0.717) is 6.54 Å². The van der Waals surface area contributed by atoms with Crippen LogP contribution in [0.3, 0.4) is 0 Å². The molecule has 0 aliphatic carbocycles. The maximum Gasteiger partial charge on any atom is 0.266 e. The largest absolute Gasteiger partial charge is 0.369 e. The Morgan fingerprint density at radius 1 is 1.15 bits per heavy atom. The number of fused-ring (bicyclic) bond motifs is 1. The van der Waals surface area contributed by atoms with Crippen molar-refractivity contribution in [2.24, 2.45) is 0 Å². The first-order chi connectivity index (χ1) is 9.74. The SMILES string of the molecule is Cc1ccc(=O)n(CCN2CCCc3ccccc32)n1. The lowest BCUT2D eigenvalue weighted by molar-refractivity contribution is 0.548. The Kier molecular flexibility index (Phi) is 3.54. The highest BCUT2D eigenvalue weighted by Gasteiger charge is 2.15. The van der Waals surface area contributed by atoms with Crippen molar-refractivity contribution in [1.82, 2.24) is 9.78 Å². The second-order valence-corrected chi connectivity index (χ2v) is 5.26. The van der Waals surface area contributed by atoms with E-state index in [1.165, 1.54) is 17.7 Å². The van der Waals surface area contributed by atoms with Crippen LogP contribution in [0.25, 0.3) is 0 Å². The lowest BCUT2D eigenvalue weighted by Gasteiger charge is -2.31. The quantitative estimate of drug-likeness (QED) is 0.855. The molecule has 0 spiro atoms. The molecule has 1 aliphatic rings. The van der Waals surface area contributed by atoms with Gasteiger partial charge in [-0.1, -0.05) is 18.2 Å². The van der Waals surface area contributed by atoms with E-state index in [4.69, 9.17) is 0 Å². The molecule has 0 radical (unpaired) electrons. The lowest BCUT2D eigenvalue weighted by atomic mass is 10.0. The Bertz CT molecular complexity index is 663. The zero-order chi connectivity index (χ0) is 13.9. The molecule has 1 aromatic carbocycles. The zero-order valence-corrected chi connectivity index (χ0v) is 11.7. The van der Waals surface area contributed by atoms with E-state index < -0.39 is 0 Å². The number of anilines is 1. The minimum atomic E-state index is -0.0269. The van der Waals surface area contributed by atoms with E-state index in [1.54, 1.807) is 16.8 Å². The molecule has 4 heteroatoms. The van der Waals surface area contributed by atoms with Gasteiger partial charge < -0.3 is 4.90 Å². The number of aromatic nitrogens is 2. The van der Waals surface area contributed by atoms with Crippen molar-refractivity contribution < 1.29 is 0 Å². The molecule has 2 aromatic rings. The minimum Gasteiger partial charge on any atom is -0.369 e. The van der Waals surface area contributed by atoms with Crippen LogP contribution in [0.2, 0.25) is 0 Å². The molecule has 20 heavy (non-hydrogen) atoms. The molecule has 0 atom stereocenters. The summed E-state index contributed by atoms with van der Waals surface area (Å²) in [5.41, 5.74) is 3.56. The van der Waals surface area contributed by atoms with Crippen molar-refractivity contribution in [1.29, 1.82) is 0 Å². The van der Waals surface area contributed by atoms with Gasteiger partial charge in [-0.25, -0.2) is 4.68 Å². The highest BCUT2D eigenvalue weighted by atomic mass is 16.1. The number of benzene rings is 1. The van der Waals surface area contributed by atoms with Gasteiger partial charge in [0.15, 0.2) is 0 Å². The Balaban J connectivity index is 1.76. The smallest absolute Gasteiger partial charge is 0.266 e. The fraction of sp³-hybridized carbons (Fsp3) is 0.375. The first-order valence-electron chi connectivity index (χ1n) is 7.12. The topological polar surface area (TPSA) is 38.1 Å². The van der Waals surface area contributed by atoms with E-state index in [9.17, 15) is 4.79 Å². The summed E-state index contributed by atoms with van der Waals surface area (Å²) in [7, 11) is 0. The summed E-state index contributed by atoms with van der Waals surface area (Å²) in [6.45, 7) is 4.42. The van der Waals surface area contributed by atoms with E-state index in [-0.39, 0.29) is 5.56 Å². The monoisotopic (exact) mass is 269 g/mol. The molecule has 1 aliphatic heterocycles. The van der Waals surface area contributed by atoms with Gasteiger partial charge in [0.25, 0.3) is 5.56 Å². The molecule has 0 fully saturated rings. The second-order valence-electron chi connectivity index (χ2n) is 5.26. The maximum absolute atomic E-state index is 11.8. The molecular formula is C16H19N3O. The highest BCUT2D eigenvalue weighted by molar-refractivity contribution is 5.55. The van der Waals surface area contributed by atoms with Crippen molar-refractivity contribution in [2.45, 2.75) is 26.3 Å². The first kappa shape index (κ1) is 12.9. The van der Waals surface area contributed by atoms with Gasteiger partial charge in [0.2, 0.25) is 0 Å². The van der Waals surface area contributed by atoms with E-state index in [2.05, 4.69) is 34.3 Å². The third-order valence-electron chi connectivity index (χ3n) is 3.79. The summed E-state index contributed by atoms with van der Waals surface area (Å²) in [6.07, 6.45) is 2.32. The maximum atomic E-state index is 11.8. The van der Waals surface area contributed by atoms with Crippen LogP contribution in [0.1, 0.15) is 17.7 Å². The van der Waals surface area contributed by atoms with E-state index >= 15 is 0 Å². The molecule has 0 saturated carbocycles. The van der Waals surface area contributed by atoms with Gasteiger partial charge in [0.1, 0.15) is 0 Å². The standard InChI is InChI=1S/C16H19N3O/c1-13-8-9-16(20)19(17-13)12-11-18-10-4-6-14-5-2-3-7-15(14)18/h2-3,5,7-9H,4,6,10-12H2,1H3. The fourth-order valence-electron chi connectivity index (χ4n) is 2.77. The number of para-hydroxylation sites is 1. The number of rotatable bonds is 3. The van der Waals surface area contributed by atoms with Gasteiger partial charge in [-0.15, -0.1) is 0 Å². The normalized spacial score (nSPS) is 14.2. The molecule has 4 nitrogen and oxygen atoms in total. The molecule has 3 rings (SSSR count). The van der Waals surface area contributed by atoms with E-state index in [1.807, 2.05) is 6.92 Å². The van der Waals surface area contributed by atoms with Gasteiger partial charge >= 0.3 is 0 Å². The Labute approximate surface area is 118 Å². The molecule has 0 amide bonds. The molecule has 0 N–H and O–H groups in total. The molecule has 0 saturated heterocycles. The summed E-state index contributed by atoms with van der Waals surface area (Å²) in [6, 6.07) is 11.9. The van der Waals surface area contributed by atoms with Crippen molar-refractivity contribution >= 4 is 5.69 Å². The number of hydrogen-bond donors (Lipinski definition) is 0. The van der Waals surface area contributed by atoms with Crippen LogP contribution < -0.4 is 10.5 Å². The molecule has 0 unspecified atom stereocenters. The third-order valence-corrected chi connectivity index (χ3v) is 3.79. The van der Waals surface area contributed by atoms with Crippen LogP contribution in [0.5, 0.6) is 0 Å². The summed E-state index contributed by atoms with van der Waals surface area (Å²) in [5, 5.41) is 4.29. The fourth-order valence-corrected chi connectivity index (χ4v) is 2.77. The molecule has 1 aromatic heterocycles. The molecular weight excluding hydrogens is 250 g/mol. The van der Waals surface area contributed by atoms with Crippen molar-refractivity contribution in [3.8, 4) is 0 Å². The Morgan fingerprint density at radius 2 is 2.00 bits per heavy atom. The third kappa shape index (κ3) is 2.59. The van der Waals surface area contributed by atoms with Gasteiger partial charge in [-0.2, -0.15) is 5.10 Å². The van der Waals surface area contributed by atoms with Crippen LogP contribution in [0.15, 0.2) is 41.2 Å². The average molecular weight is 269 g/mol.